The minimum Gasteiger partial charge on any atom is -0.481 e. The van der Waals surface area contributed by atoms with Gasteiger partial charge >= 0.3 is 11.9 Å². The molecule has 1 atom stereocenters. The van der Waals surface area contributed by atoms with Gasteiger partial charge in [0.2, 0.25) is 0 Å². The number of rotatable bonds is 5. The van der Waals surface area contributed by atoms with Gasteiger partial charge in [-0.1, -0.05) is 18.2 Å². The molecule has 0 rings (SSSR count). The lowest BCUT2D eigenvalue weighted by Gasteiger charge is -2.05. The second-order valence-corrected chi connectivity index (χ2v) is 3.38. The SMILES string of the molecule is C/C=C/C=C/C(=O)O.CC(=O)O.CC(=O)OCC(O)CO. The van der Waals surface area contributed by atoms with E-state index >= 15 is 0 Å². The molecule has 0 aliphatic rings. The first-order valence-corrected chi connectivity index (χ1v) is 5.81. The number of allylic oxidation sites excluding steroid dienone is 3. The van der Waals surface area contributed by atoms with Crippen molar-refractivity contribution in [3.8, 4) is 0 Å². The van der Waals surface area contributed by atoms with Crippen molar-refractivity contribution in [2.75, 3.05) is 13.2 Å². The van der Waals surface area contributed by atoms with Crippen LogP contribution in [0.2, 0.25) is 0 Å². The van der Waals surface area contributed by atoms with Crippen molar-refractivity contribution < 1.29 is 39.5 Å². The molecule has 8 heteroatoms. The number of carboxylic acids is 2. The van der Waals surface area contributed by atoms with Gasteiger partial charge in [0, 0.05) is 19.9 Å². The predicted octanol–water partition coefficient (Wildman–Crippen LogP) is 0.197. The van der Waals surface area contributed by atoms with Crippen molar-refractivity contribution in [1.29, 1.82) is 0 Å². The van der Waals surface area contributed by atoms with Gasteiger partial charge in [0.1, 0.15) is 12.7 Å². The van der Waals surface area contributed by atoms with Gasteiger partial charge in [-0.2, -0.15) is 0 Å². The van der Waals surface area contributed by atoms with E-state index in [1.807, 2.05) is 6.92 Å². The average molecular weight is 306 g/mol. The van der Waals surface area contributed by atoms with E-state index in [2.05, 4.69) is 4.74 Å². The highest BCUT2D eigenvalue weighted by molar-refractivity contribution is 5.80. The Hall–Kier alpha value is -2.19. The Bertz CT molecular complexity index is 342. The summed E-state index contributed by atoms with van der Waals surface area (Å²) < 4.78 is 4.35. The average Bonchev–Trinajstić information content (AvgIpc) is 2.36. The van der Waals surface area contributed by atoms with Gasteiger partial charge in [-0.25, -0.2) is 4.79 Å². The molecule has 0 radical (unpaired) electrons. The van der Waals surface area contributed by atoms with E-state index < -0.39 is 24.0 Å². The molecule has 122 valence electrons. The summed E-state index contributed by atoms with van der Waals surface area (Å²) in [7, 11) is 0. The van der Waals surface area contributed by atoms with Crippen LogP contribution in [0.4, 0.5) is 0 Å². The molecule has 21 heavy (non-hydrogen) atoms. The number of aliphatic carboxylic acids is 2. The summed E-state index contributed by atoms with van der Waals surface area (Å²) >= 11 is 0. The topological polar surface area (TPSA) is 141 Å². The van der Waals surface area contributed by atoms with Crippen LogP contribution >= 0.6 is 0 Å². The van der Waals surface area contributed by atoms with Crippen molar-refractivity contribution in [1.82, 2.24) is 0 Å². The van der Waals surface area contributed by atoms with Gasteiger partial charge in [0.25, 0.3) is 5.97 Å². The van der Waals surface area contributed by atoms with Crippen LogP contribution in [-0.2, 0) is 19.1 Å². The Labute approximate surface area is 123 Å². The van der Waals surface area contributed by atoms with Crippen LogP contribution < -0.4 is 0 Å². The van der Waals surface area contributed by atoms with Gasteiger partial charge in [0.05, 0.1) is 6.61 Å². The molecule has 0 fully saturated rings. The molecule has 0 bridgehead atoms. The summed E-state index contributed by atoms with van der Waals surface area (Å²) in [4.78, 5) is 28.8. The second-order valence-electron chi connectivity index (χ2n) is 3.38. The van der Waals surface area contributed by atoms with Gasteiger partial charge in [-0.05, 0) is 6.92 Å². The third-order valence-corrected chi connectivity index (χ3v) is 1.23. The molecular weight excluding hydrogens is 284 g/mol. The molecule has 8 nitrogen and oxygen atoms in total. The third kappa shape index (κ3) is 46.3. The molecule has 1 unspecified atom stereocenters. The molecule has 0 aliphatic carbocycles. The molecule has 0 spiro atoms. The monoisotopic (exact) mass is 306 g/mol. The number of hydrogen-bond acceptors (Lipinski definition) is 6. The number of aliphatic hydroxyl groups excluding tert-OH is 2. The quantitative estimate of drug-likeness (QED) is 0.320. The number of aliphatic hydroxyl groups is 2. The van der Waals surface area contributed by atoms with E-state index in [9.17, 15) is 9.59 Å². The van der Waals surface area contributed by atoms with E-state index in [1.165, 1.54) is 13.0 Å². The van der Waals surface area contributed by atoms with Crippen molar-refractivity contribution in [2.45, 2.75) is 26.9 Å². The zero-order chi connectivity index (χ0) is 17.3. The van der Waals surface area contributed by atoms with Crippen molar-refractivity contribution >= 4 is 17.9 Å². The maximum Gasteiger partial charge on any atom is 0.328 e. The normalized spacial score (nSPS) is 10.9. The number of hydrogen-bond donors (Lipinski definition) is 4. The van der Waals surface area contributed by atoms with Gasteiger partial charge in [-0.15, -0.1) is 0 Å². The van der Waals surface area contributed by atoms with Gasteiger partial charge in [-0.3, -0.25) is 9.59 Å². The lowest BCUT2D eigenvalue weighted by molar-refractivity contribution is -0.144. The second kappa shape index (κ2) is 17.8. The molecule has 4 N–H and O–H groups in total. The maximum absolute atomic E-state index is 10.0. The van der Waals surface area contributed by atoms with Crippen LogP contribution in [0.25, 0.3) is 0 Å². The molecule has 0 amide bonds. The smallest absolute Gasteiger partial charge is 0.328 e. The van der Waals surface area contributed by atoms with Crippen LogP contribution in [-0.4, -0.2) is 57.7 Å². The summed E-state index contributed by atoms with van der Waals surface area (Å²) in [5.74, 6) is -2.20. The zero-order valence-corrected chi connectivity index (χ0v) is 12.2. The van der Waals surface area contributed by atoms with E-state index in [0.717, 1.165) is 13.0 Å². The van der Waals surface area contributed by atoms with E-state index in [1.54, 1.807) is 12.2 Å². The molecule has 0 aromatic carbocycles. The van der Waals surface area contributed by atoms with Crippen LogP contribution in [0.15, 0.2) is 24.3 Å². The zero-order valence-electron chi connectivity index (χ0n) is 12.2. The fourth-order valence-corrected chi connectivity index (χ4v) is 0.515. The Morgan fingerprint density at radius 1 is 1.14 bits per heavy atom. The highest BCUT2D eigenvalue weighted by Crippen LogP contribution is 1.83. The molecular formula is C13H22O8. The lowest BCUT2D eigenvalue weighted by Crippen LogP contribution is -2.20. The van der Waals surface area contributed by atoms with Crippen LogP contribution in [0.5, 0.6) is 0 Å². The first-order valence-electron chi connectivity index (χ1n) is 5.81. The summed E-state index contributed by atoms with van der Waals surface area (Å²) in [5.41, 5.74) is 0. The van der Waals surface area contributed by atoms with Gasteiger partial charge < -0.3 is 25.2 Å². The van der Waals surface area contributed by atoms with Crippen LogP contribution in [0, 0.1) is 0 Å². The summed E-state index contributed by atoms with van der Waals surface area (Å²) in [5, 5.41) is 32.2. The molecule has 0 saturated heterocycles. The Morgan fingerprint density at radius 3 is 1.90 bits per heavy atom. The van der Waals surface area contributed by atoms with Crippen molar-refractivity contribution in [3.63, 3.8) is 0 Å². The fourth-order valence-electron chi connectivity index (χ4n) is 0.515. The Morgan fingerprint density at radius 2 is 1.62 bits per heavy atom. The first kappa shape index (κ1) is 23.9. The number of carbonyl (C=O) groups is 3. The number of carbonyl (C=O) groups excluding carboxylic acids is 1. The standard InChI is InChI=1S/C6H8O2.C5H10O4.C2H4O2/c1-2-3-4-5-6(7)8;1-4(7)9-3-5(8)2-6;1-2(3)4/h2-5H,1H3,(H,7,8);5-6,8H,2-3H2,1H3;1H3,(H,3,4)/b3-2+,5-4+;;. The predicted molar refractivity (Wildman–Crippen MR) is 74.6 cm³/mol. The van der Waals surface area contributed by atoms with E-state index in [-0.39, 0.29) is 13.2 Å². The molecule has 0 aromatic heterocycles. The fraction of sp³-hybridized carbons (Fsp3) is 0.462. The van der Waals surface area contributed by atoms with Crippen LogP contribution in [0.1, 0.15) is 20.8 Å². The van der Waals surface area contributed by atoms with Crippen molar-refractivity contribution in [2.24, 2.45) is 0 Å². The minimum atomic E-state index is -0.950. The minimum absolute atomic E-state index is 0.133. The summed E-state index contributed by atoms with van der Waals surface area (Å²) in [6.07, 6.45) is 5.03. The largest absolute Gasteiger partial charge is 0.481 e. The number of esters is 1. The first-order chi connectivity index (χ1) is 9.67. The number of carboxylic acid groups (broad SMARTS) is 2. The van der Waals surface area contributed by atoms with Crippen molar-refractivity contribution in [3.05, 3.63) is 24.3 Å². The maximum atomic E-state index is 10.0. The molecule has 0 saturated carbocycles. The number of ether oxygens (including phenoxy) is 1. The summed E-state index contributed by atoms with van der Waals surface area (Å²) in [6.45, 7) is 3.63. The lowest BCUT2D eigenvalue weighted by atomic mass is 10.4. The molecule has 0 heterocycles. The Kier molecular flexibility index (Phi) is 20.2. The molecule has 0 aliphatic heterocycles. The van der Waals surface area contributed by atoms with E-state index in [0.29, 0.717) is 0 Å². The van der Waals surface area contributed by atoms with E-state index in [4.69, 9.17) is 25.2 Å². The van der Waals surface area contributed by atoms with Gasteiger partial charge in [0.15, 0.2) is 0 Å². The molecule has 0 aromatic rings. The highest BCUT2D eigenvalue weighted by Gasteiger charge is 2.02. The third-order valence-electron chi connectivity index (χ3n) is 1.23. The summed E-state index contributed by atoms with van der Waals surface area (Å²) in [6, 6.07) is 0. The van der Waals surface area contributed by atoms with Crippen LogP contribution in [0.3, 0.4) is 0 Å². The Balaban J connectivity index is -0.000000249. The highest BCUT2D eigenvalue weighted by atomic mass is 16.5.